The van der Waals surface area contributed by atoms with Crippen molar-refractivity contribution >= 4 is 69.5 Å². The minimum atomic E-state index is -0.465. The number of hydrogen-bond donors (Lipinski definition) is 2. The molecule has 2 aromatic heterocycles. The molecule has 5 rings (SSSR count). The molecule has 0 bridgehead atoms. The first-order valence-corrected chi connectivity index (χ1v) is 14.7. The highest BCUT2D eigenvalue weighted by Gasteiger charge is 2.22. The molecular formula is C28H20Cl2N8O3S2. The van der Waals surface area contributed by atoms with Crippen molar-refractivity contribution in [1.82, 2.24) is 30.6 Å². The second-order valence-electron chi connectivity index (χ2n) is 8.05. The Morgan fingerprint density at radius 1 is 0.884 bits per heavy atom. The van der Waals surface area contributed by atoms with Crippen LogP contribution in [0.2, 0.25) is 10.6 Å². The van der Waals surface area contributed by atoms with Gasteiger partial charge in [0.05, 0.1) is 40.9 Å². The lowest BCUT2D eigenvalue weighted by Crippen LogP contribution is -2.18. The molecule has 0 unspecified atom stereocenters. The first-order valence-electron chi connectivity index (χ1n) is 12.2. The zero-order valence-electron chi connectivity index (χ0n) is 22.5. The first kappa shape index (κ1) is 31.4. The number of rotatable bonds is 6. The number of ether oxygens (including phenoxy) is 2. The van der Waals surface area contributed by atoms with Crippen molar-refractivity contribution in [3.8, 4) is 17.9 Å². The lowest BCUT2D eigenvalue weighted by Gasteiger charge is -2.08. The second kappa shape index (κ2) is 15.1. The van der Waals surface area contributed by atoms with Gasteiger partial charge >= 0.3 is 5.97 Å². The smallest absolute Gasteiger partial charge is 0.355 e. The predicted octanol–water partition coefficient (Wildman–Crippen LogP) is 5.73. The van der Waals surface area contributed by atoms with E-state index in [4.69, 9.17) is 32.7 Å². The summed E-state index contributed by atoms with van der Waals surface area (Å²) < 4.78 is 10.0. The number of carbonyl (C=O) groups excluding carboxylic acids is 1. The third-order valence-electron chi connectivity index (χ3n) is 5.42. The Balaban J connectivity index is 0.000000199. The molecule has 0 saturated heterocycles. The normalized spacial score (nSPS) is 15.7. The van der Waals surface area contributed by atoms with E-state index in [0.29, 0.717) is 32.7 Å². The lowest BCUT2D eigenvalue weighted by molar-refractivity contribution is -0.138. The molecule has 216 valence electrons. The van der Waals surface area contributed by atoms with Gasteiger partial charge in [0.15, 0.2) is 0 Å². The van der Waals surface area contributed by atoms with Crippen LogP contribution < -0.4 is 15.4 Å². The highest BCUT2D eigenvalue weighted by molar-refractivity contribution is 8.06. The van der Waals surface area contributed by atoms with E-state index < -0.39 is 5.97 Å². The molecule has 0 radical (unpaired) electrons. The molecule has 4 heterocycles. The largest absolute Gasteiger partial charge is 0.497 e. The lowest BCUT2D eigenvalue weighted by atomic mass is 10.1. The van der Waals surface area contributed by atoms with Gasteiger partial charge in [0.1, 0.15) is 34.7 Å². The predicted molar refractivity (Wildman–Crippen MR) is 166 cm³/mol. The van der Waals surface area contributed by atoms with E-state index in [1.54, 1.807) is 31.6 Å². The Kier molecular flexibility index (Phi) is 11.0. The zero-order valence-corrected chi connectivity index (χ0v) is 25.6. The Morgan fingerprint density at radius 2 is 1.44 bits per heavy atom. The number of thioether (sulfide) groups is 2. The van der Waals surface area contributed by atoms with Gasteiger partial charge < -0.3 is 20.1 Å². The van der Waals surface area contributed by atoms with Gasteiger partial charge in [-0.15, -0.1) is 0 Å². The van der Waals surface area contributed by atoms with Gasteiger partial charge in [0, 0.05) is 23.2 Å². The summed E-state index contributed by atoms with van der Waals surface area (Å²) in [5.74, 6) is 0.331. The molecule has 43 heavy (non-hydrogen) atoms. The summed E-state index contributed by atoms with van der Waals surface area (Å²) in [6, 6.07) is 15.1. The molecule has 15 heteroatoms. The molecule has 0 aliphatic carbocycles. The van der Waals surface area contributed by atoms with Gasteiger partial charge in [-0.1, -0.05) is 23.5 Å². The topological polar surface area (TPSA) is 159 Å². The molecule has 2 aliphatic heterocycles. The molecule has 0 atom stereocenters. The molecule has 0 amide bonds. The molecule has 2 aliphatic rings. The van der Waals surface area contributed by atoms with Crippen LogP contribution in [0, 0.1) is 22.7 Å². The zero-order chi connectivity index (χ0) is 30.8. The van der Waals surface area contributed by atoms with E-state index >= 15 is 0 Å². The highest BCUT2D eigenvalue weighted by Crippen LogP contribution is 2.35. The Morgan fingerprint density at radius 3 is 1.95 bits per heavy atom. The van der Waals surface area contributed by atoms with Crippen LogP contribution in [0.1, 0.15) is 23.9 Å². The van der Waals surface area contributed by atoms with Gasteiger partial charge in [-0.3, -0.25) is 0 Å². The minimum Gasteiger partial charge on any atom is -0.497 e. The van der Waals surface area contributed by atoms with Crippen molar-refractivity contribution in [2.45, 2.75) is 6.92 Å². The van der Waals surface area contributed by atoms with E-state index in [0.717, 1.165) is 17.0 Å². The fraction of sp³-hybridized carbons (Fsp3) is 0.107. The van der Waals surface area contributed by atoms with Gasteiger partial charge in [-0.05, 0) is 72.1 Å². The number of esters is 1. The molecule has 0 spiro atoms. The van der Waals surface area contributed by atoms with Gasteiger partial charge in [-0.2, -0.15) is 10.5 Å². The summed E-state index contributed by atoms with van der Waals surface area (Å²) in [6.07, 6.45) is 2.99. The molecule has 3 aromatic rings. The van der Waals surface area contributed by atoms with E-state index in [9.17, 15) is 15.3 Å². The van der Waals surface area contributed by atoms with Crippen LogP contribution in [0.15, 0.2) is 75.4 Å². The van der Waals surface area contributed by atoms with Gasteiger partial charge in [0.2, 0.25) is 10.6 Å². The molecule has 1 aromatic carbocycles. The molecule has 2 N–H and O–H groups in total. The van der Waals surface area contributed by atoms with Crippen LogP contribution in [-0.2, 0) is 9.53 Å². The third-order valence-corrected chi connectivity index (χ3v) is 7.58. The monoisotopic (exact) mass is 650 g/mol. The number of allylic oxidation sites excluding steroid dienone is 2. The quantitative estimate of drug-likeness (QED) is 0.189. The van der Waals surface area contributed by atoms with Crippen molar-refractivity contribution in [3.05, 3.63) is 103 Å². The number of halogens is 2. The standard InChI is InChI=1S/C16H11ClN4OS.C12H9ClN4O2S/c1-22-11-4-2-10(3-5-11)14-9-23-15(20-14)12(8-18)13-6-7-19-16(17)21-13;1-2-19-11(18)9-6-20-10(16-9)7(5-14)8-3-4-15-12(13)17-8/h2-7,9,20H,1H3;3-4,6,16H,2H2,1H3. The number of hydrogen-bond acceptors (Lipinski definition) is 13. The average Bonchev–Trinajstić information content (AvgIpc) is 3.70. The third kappa shape index (κ3) is 8.06. The highest BCUT2D eigenvalue weighted by atomic mass is 35.5. The summed E-state index contributed by atoms with van der Waals surface area (Å²) in [5, 5.41) is 29.7. The summed E-state index contributed by atoms with van der Waals surface area (Å²) >= 11 is 14.2. The molecule has 11 nitrogen and oxygen atoms in total. The Hall–Kier alpha value is -4.53. The number of nitrogens with zero attached hydrogens (tertiary/aromatic N) is 6. The average molecular weight is 652 g/mol. The number of nitriles is 2. The summed E-state index contributed by atoms with van der Waals surface area (Å²) in [5.41, 5.74) is 3.81. The van der Waals surface area contributed by atoms with Crippen molar-refractivity contribution in [3.63, 3.8) is 0 Å². The van der Waals surface area contributed by atoms with E-state index in [1.807, 2.05) is 35.7 Å². The van der Waals surface area contributed by atoms with Gasteiger partial charge in [-0.25, -0.2) is 24.7 Å². The summed E-state index contributed by atoms with van der Waals surface area (Å²) in [4.78, 5) is 27.2. The maximum Gasteiger partial charge on any atom is 0.355 e. The van der Waals surface area contributed by atoms with E-state index in [2.05, 4.69) is 36.6 Å². The fourth-order valence-corrected chi connectivity index (χ4v) is 5.45. The van der Waals surface area contributed by atoms with Crippen LogP contribution >= 0.6 is 46.7 Å². The summed E-state index contributed by atoms with van der Waals surface area (Å²) in [7, 11) is 1.63. The van der Waals surface area contributed by atoms with Crippen LogP contribution in [-0.4, -0.2) is 39.6 Å². The molecular weight excluding hydrogens is 631 g/mol. The Labute approximate surface area is 265 Å². The van der Waals surface area contributed by atoms with Crippen LogP contribution in [0.5, 0.6) is 5.75 Å². The molecule has 0 saturated carbocycles. The van der Waals surface area contributed by atoms with E-state index in [-0.39, 0.29) is 22.7 Å². The maximum absolute atomic E-state index is 11.6. The van der Waals surface area contributed by atoms with Crippen LogP contribution in [0.3, 0.4) is 0 Å². The number of benzene rings is 1. The van der Waals surface area contributed by atoms with Crippen molar-refractivity contribution < 1.29 is 14.3 Å². The maximum atomic E-state index is 11.6. The second-order valence-corrected chi connectivity index (χ2v) is 10.5. The minimum absolute atomic E-state index is 0.0532. The van der Waals surface area contributed by atoms with Crippen LogP contribution in [0.25, 0.3) is 16.8 Å². The number of nitrogens with one attached hydrogen (secondary N) is 2. The van der Waals surface area contributed by atoms with Crippen molar-refractivity contribution in [2.24, 2.45) is 0 Å². The number of aromatic nitrogens is 4. The summed E-state index contributed by atoms with van der Waals surface area (Å²) in [6.45, 7) is 2.01. The van der Waals surface area contributed by atoms with E-state index in [1.165, 1.54) is 35.9 Å². The van der Waals surface area contributed by atoms with Crippen LogP contribution in [0.4, 0.5) is 0 Å². The van der Waals surface area contributed by atoms with Crippen molar-refractivity contribution in [1.29, 1.82) is 10.5 Å². The Bertz CT molecular complexity index is 1750. The fourth-order valence-electron chi connectivity index (χ4n) is 3.46. The number of carbonyl (C=O) groups is 1. The molecule has 0 fully saturated rings. The van der Waals surface area contributed by atoms with Crippen molar-refractivity contribution in [2.75, 3.05) is 13.7 Å². The SMILES string of the molecule is CCOC(=O)C1=CSC(=C(C#N)c2ccnc(Cl)n2)N1.COc1ccc(C2=CSC(=C(C#N)c3ccnc(Cl)n3)N2)cc1. The van der Waals surface area contributed by atoms with Gasteiger partial charge in [0.25, 0.3) is 0 Å². The number of methoxy groups -OCH3 is 1. The first-order chi connectivity index (χ1) is 20.9.